The molecule has 0 atom stereocenters. The van der Waals surface area contributed by atoms with E-state index >= 15 is 0 Å². The number of ether oxygens (including phenoxy) is 2. The average molecular weight is 284 g/mol. The first-order valence-electron chi connectivity index (χ1n) is 7.74. The van der Waals surface area contributed by atoms with Gasteiger partial charge in [0.25, 0.3) is 0 Å². The van der Waals surface area contributed by atoms with Crippen LogP contribution in [-0.2, 0) is 9.47 Å². The number of rotatable bonds is 2. The van der Waals surface area contributed by atoms with Crippen LogP contribution in [0.1, 0.15) is 46.5 Å². The summed E-state index contributed by atoms with van der Waals surface area (Å²) in [6, 6.07) is 0.643. The SMILES string of the molecule is CC(C)(C)NC(=O)OC1CCC(N2CCOCC2)CC1. The summed E-state index contributed by atoms with van der Waals surface area (Å²) >= 11 is 0. The summed E-state index contributed by atoms with van der Waals surface area (Å²) in [6.07, 6.45) is 3.97. The van der Waals surface area contributed by atoms with Crippen LogP contribution in [0.5, 0.6) is 0 Å². The summed E-state index contributed by atoms with van der Waals surface area (Å²) in [5.74, 6) is 0. The largest absolute Gasteiger partial charge is 0.446 e. The third-order valence-corrected chi connectivity index (χ3v) is 3.96. The molecule has 116 valence electrons. The lowest BCUT2D eigenvalue weighted by atomic mass is 9.91. The van der Waals surface area contributed by atoms with E-state index in [1.54, 1.807) is 0 Å². The lowest BCUT2D eigenvalue weighted by Gasteiger charge is -2.38. The minimum atomic E-state index is -0.285. The minimum Gasteiger partial charge on any atom is -0.446 e. The smallest absolute Gasteiger partial charge is 0.407 e. The van der Waals surface area contributed by atoms with Gasteiger partial charge in [-0.15, -0.1) is 0 Å². The first-order chi connectivity index (χ1) is 9.44. The standard InChI is InChI=1S/C15H28N2O3/c1-15(2,3)16-14(18)20-13-6-4-12(5-7-13)17-8-10-19-11-9-17/h12-13H,4-11H2,1-3H3,(H,16,18). The van der Waals surface area contributed by atoms with Crippen molar-refractivity contribution in [2.24, 2.45) is 0 Å². The molecule has 1 saturated carbocycles. The molecule has 1 heterocycles. The number of morpholine rings is 1. The quantitative estimate of drug-likeness (QED) is 0.844. The van der Waals surface area contributed by atoms with E-state index < -0.39 is 0 Å². The number of nitrogens with zero attached hydrogens (tertiary/aromatic N) is 1. The predicted octanol–water partition coefficient (Wildman–Crippen LogP) is 2.15. The first-order valence-corrected chi connectivity index (χ1v) is 7.74. The molecule has 0 unspecified atom stereocenters. The zero-order valence-electron chi connectivity index (χ0n) is 13.0. The van der Waals surface area contributed by atoms with Crippen molar-refractivity contribution >= 4 is 6.09 Å². The molecule has 5 heteroatoms. The fourth-order valence-electron chi connectivity index (χ4n) is 2.96. The Morgan fingerprint density at radius 2 is 1.75 bits per heavy atom. The van der Waals surface area contributed by atoms with Gasteiger partial charge in [-0.1, -0.05) is 0 Å². The third kappa shape index (κ3) is 4.94. The molecule has 0 radical (unpaired) electrons. The van der Waals surface area contributed by atoms with Crippen LogP contribution in [-0.4, -0.2) is 55.0 Å². The highest BCUT2D eigenvalue weighted by Gasteiger charge is 2.29. The van der Waals surface area contributed by atoms with Crippen LogP contribution in [0.15, 0.2) is 0 Å². The molecule has 1 aliphatic carbocycles. The number of nitrogens with one attached hydrogen (secondary N) is 1. The molecule has 1 saturated heterocycles. The maximum Gasteiger partial charge on any atom is 0.407 e. The fourth-order valence-corrected chi connectivity index (χ4v) is 2.96. The van der Waals surface area contributed by atoms with Gasteiger partial charge in [0.05, 0.1) is 13.2 Å². The fraction of sp³-hybridized carbons (Fsp3) is 0.933. The van der Waals surface area contributed by atoms with Gasteiger partial charge < -0.3 is 14.8 Å². The molecule has 0 aromatic heterocycles. The van der Waals surface area contributed by atoms with Crippen LogP contribution in [0.4, 0.5) is 4.79 Å². The van der Waals surface area contributed by atoms with E-state index in [1.807, 2.05) is 20.8 Å². The molecule has 5 nitrogen and oxygen atoms in total. The van der Waals surface area contributed by atoms with Crippen molar-refractivity contribution in [3.8, 4) is 0 Å². The summed E-state index contributed by atoms with van der Waals surface area (Å²) in [4.78, 5) is 14.3. The summed E-state index contributed by atoms with van der Waals surface area (Å²) < 4.78 is 10.9. The van der Waals surface area contributed by atoms with E-state index in [1.165, 1.54) is 0 Å². The maximum atomic E-state index is 11.7. The monoisotopic (exact) mass is 284 g/mol. The van der Waals surface area contributed by atoms with Gasteiger partial charge in [0.1, 0.15) is 6.10 Å². The molecule has 0 aromatic carbocycles. The lowest BCUT2D eigenvalue weighted by Crippen LogP contribution is -2.47. The molecule has 0 spiro atoms. The summed E-state index contributed by atoms with van der Waals surface area (Å²) in [5.41, 5.74) is -0.234. The zero-order chi connectivity index (χ0) is 14.6. The number of amides is 1. The Bertz CT molecular complexity index is 314. The van der Waals surface area contributed by atoms with Crippen LogP contribution < -0.4 is 5.32 Å². The summed E-state index contributed by atoms with van der Waals surface area (Å²) in [5, 5.41) is 2.85. The normalized spacial score (nSPS) is 28.9. The topological polar surface area (TPSA) is 50.8 Å². The average Bonchev–Trinajstić information content (AvgIpc) is 2.38. The Morgan fingerprint density at radius 1 is 1.15 bits per heavy atom. The van der Waals surface area contributed by atoms with Crippen molar-refractivity contribution < 1.29 is 14.3 Å². The van der Waals surface area contributed by atoms with Gasteiger partial charge in [0.2, 0.25) is 0 Å². The minimum absolute atomic E-state index is 0.0784. The molecular weight excluding hydrogens is 256 g/mol. The van der Waals surface area contributed by atoms with Crippen molar-refractivity contribution in [1.82, 2.24) is 10.2 Å². The van der Waals surface area contributed by atoms with E-state index in [0.29, 0.717) is 6.04 Å². The third-order valence-electron chi connectivity index (χ3n) is 3.96. The Balaban J connectivity index is 1.70. The summed E-state index contributed by atoms with van der Waals surface area (Å²) in [7, 11) is 0. The predicted molar refractivity (Wildman–Crippen MR) is 77.8 cm³/mol. The van der Waals surface area contributed by atoms with Gasteiger partial charge in [-0.2, -0.15) is 0 Å². The van der Waals surface area contributed by atoms with Gasteiger partial charge >= 0.3 is 6.09 Å². The molecule has 1 amide bonds. The molecule has 2 fully saturated rings. The van der Waals surface area contributed by atoms with Crippen molar-refractivity contribution in [3.63, 3.8) is 0 Å². The number of carbonyl (C=O) groups excluding carboxylic acids is 1. The number of hydrogen-bond acceptors (Lipinski definition) is 4. The van der Waals surface area contributed by atoms with Crippen molar-refractivity contribution in [3.05, 3.63) is 0 Å². The molecule has 1 N–H and O–H groups in total. The van der Waals surface area contributed by atoms with Gasteiger partial charge in [-0.25, -0.2) is 4.79 Å². The van der Waals surface area contributed by atoms with Crippen LogP contribution in [0.2, 0.25) is 0 Å². The molecule has 2 rings (SSSR count). The highest BCUT2D eigenvalue weighted by molar-refractivity contribution is 5.68. The van der Waals surface area contributed by atoms with Crippen LogP contribution in [0.3, 0.4) is 0 Å². The van der Waals surface area contributed by atoms with Gasteiger partial charge in [-0.05, 0) is 46.5 Å². The second kappa shape index (κ2) is 6.76. The van der Waals surface area contributed by atoms with Crippen LogP contribution in [0.25, 0.3) is 0 Å². The van der Waals surface area contributed by atoms with Crippen LogP contribution in [0, 0.1) is 0 Å². The number of carbonyl (C=O) groups is 1. The molecule has 0 bridgehead atoms. The maximum absolute atomic E-state index is 11.7. The Kier molecular flexibility index (Phi) is 5.27. The summed E-state index contributed by atoms with van der Waals surface area (Å²) in [6.45, 7) is 9.67. The van der Waals surface area contributed by atoms with E-state index in [9.17, 15) is 4.79 Å². The molecular formula is C15H28N2O3. The van der Waals surface area contributed by atoms with Gasteiger partial charge in [0.15, 0.2) is 0 Å². The van der Waals surface area contributed by atoms with Crippen molar-refractivity contribution in [2.45, 2.75) is 64.1 Å². The highest BCUT2D eigenvalue weighted by atomic mass is 16.6. The number of hydrogen-bond donors (Lipinski definition) is 1. The molecule has 0 aromatic rings. The molecule has 20 heavy (non-hydrogen) atoms. The zero-order valence-corrected chi connectivity index (χ0v) is 13.0. The van der Waals surface area contributed by atoms with Crippen LogP contribution >= 0.6 is 0 Å². The Morgan fingerprint density at radius 3 is 2.30 bits per heavy atom. The lowest BCUT2D eigenvalue weighted by molar-refractivity contribution is -0.00724. The molecule has 1 aliphatic heterocycles. The van der Waals surface area contributed by atoms with E-state index in [4.69, 9.17) is 9.47 Å². The second-order valence-electron chi connectivity index (χ2n) is 6.86. The van der Waals surface area contributed by atoms with E-state index in [0.717, 1.165) is 52.0 Å². The highest BCUT2D eigenvalue weighted by Crippen LogP contribution is 2.25. The van der Waals surface area contributed by atoms with Gasteiger partial charge in [0, 0.05) is 24.7 Å². The van der Waals surface area contributed by atoms with Crippen molar-refractivity contribution in [2.75, 3.05) is 26.3 Å². The Hall–Kier alpha value is -0.810. The molecule has 2 aliphatic rings. The first kappa shape index (κ1) is 15.6. The van der Waals surface area contributed by atoms with E-state index in [2.05, 4.69) is 10.2 Å². The van der Waals surface area contributed by atoms with Crippen molar-refractivity contribution in [1.29, 1.82) is 0 Å². The Labute approximate surface area is 122 Å². The van der Waals surface area contributed by atoms with E-state index in [-0.39, 0.29) is 17.7 Å². The number of alkyl carbamates (subject to hydrolysis) is 1. The second-order valence-corrected chi connectivity index (χ2v) is 6.86. The van der Waals surface area contributed by atoms with Gasteiger partial charge in [-0.3, -0.25) is 4.90 Å².